The number of allylic oxidation sites excluding steroid dienone is 12. The molecule has 234 valence electrons. The molecule has 1 amide bonds. The molecular formula is C37H51NO5. The van der Waals surface area contributed by atoms with Crippen molar-refractivity contribution in [2.75, 3.05) is 0 Å². The van der Waals surface area contributed by atoms with Gasteiger partial charge in [-0.15, -0.1) is 0 Å². The SMILES string of the molecule is CC/C=C\C/C=C\C/C=C\C/C=C\C/C=C\C/C=C\CC(CC)C(=O)NC(CC(C)C)C(=O)Oc1ccccc1C(=O)O. The minimum Gasteiger partial charge on any atom is -0.478 e. The van der Waals surface area contributed by atoms with Gasteiger partial charge < -0.3 is 15.2 Å². The van der Waals surface area contributed by atoms with E-state index in [4.69, 9.17) is 4.74 Å². The molecule has 0 radical (unpaired) electrons. The number of carbonyl (C=O) groups excluding carboxylic acids is 2. The molecule has 1 aromatic rings. The van der Waals surface area contributed by atoms with Crippen LogP contribution in [0, 0.1) is 11.8 Å². The van der Waals surface area contributed by atoms with E-state index < -0.39 is 18.0 Å². The van der Waals surface area contributed by atoms with Crippen LogP contribution in [0.1, 0.15) is 95.8 Å². The van der Waals surface area contributed by atoms with Gasteiger partial charge >= 0.3 is 11.9 Å². The van der Waals surface area contributed by atoms with Gasteiger partial charge in [0.05, 0.1) is 0 Å². The van der Waals surface area contributed by atoms with Gasteiger partial charge in [0.25, 0.3) is 0 Å². The predicted molar refractivity (Wildman–Crippen MR) is 177 cm³/mol. The predicted octanol–water partition coefficient (Wildman–Crippen LogP) is 8.94. The topological polar surface area (TPSA) is 92.7 Å². The van der Waals surface area contributed by atoms with Crippen molar-refractivity contribution in [2.24, 2.45) is 11.8 Å². The van der Waals surface area contributed by atoms with Gasteiger partial charge in [0.2, 0.25) is 5.91 Å². The second-order valence-electron chi connectivity index (χ2n) is 10.7. The Labute approximate surface area is 259 Å². The Morgan fingerprint density at radius 2 is 1.26 bits per heavy atom. The monoisotopic (exact) mass is 589 g/mol. The number of carbonyl (C=O) groups is 3. The molecule has 0 saturated carbocycles. The Kier molecular flexibility index (Phi) is 20.4. The lowest BCUT2D eigenvalue weighted by Crippen LogP contribution is -2.46. The molecule has 2 N–H and O–H groups in total. The maximum Gasteiger partial charge on any atom is 0.339 e. The minimum atomic E-state index is -1.18. The summed E-state index contributed by atoms with van der Waals surface area (Å²) in [6, 6.07) is 5.11. The highest BCUT2D eigenvalue weighted by molar-refractivity contribution is 5.93. The number of rotatable bonds is 21. The van der Waals surface area contributed by atoms with Crippen molar-refractivity contribution < 1.29 is 24.2 Å². The van der Waals surface area contributed by atoms with E-state index in [1.54, 1.807) is 12.1 Å². The fraction of sp³-hybridized carbons (Fsp3) is 0.432. The van der Waals surface area contributed by atoms with Crippen molar-refractivity contribution in [3.05, 3.63) is 103 Å². The summed E-state index contributed by atoms with van der Waals surface area (Å²) in [5, 5.41) is 12.2. The molecule has 0 spiro atoms. The standard InChI is InChI=1S/C37H51NO5/c1-5-7-8-9-10-11-12-13-14-15-16-17-18-19-20-21-22-23-26-31(6-2)35(39)38-33(29-30(3)4)37(42)43-34-28-25-24-27-32(34)36(40)41/h7-8,10-11,13-14,16-17,19-20,22-25,27-28,30-31,33H,5-6,9,12,15,18,21,26,29H2,1-4H3,(H,38,39)(H,40,41)/b8-7-,11-10-,14-13-,17-16-,20-19-,23-22-. The Balaban J connectivity index is 2.46. The van der Waals surface area contributed by atoms with Gasteiger partial charge in [-0.1, -0.05) is 113 Å². The first kappa shape index (κ1) is 37.1. The summed E-state index contributed by atoms with van der Waals surface area (Å²) in [6.07, 6.45) is 33.0. The number of hydrogen-bond acceptors (Lipinski definition) is 4. The highest BCUT2D eigenvalue weighted by Crippen LogP contribution is 2.20. The summed E-state index contributed by atoms with van der Waals surface area (Å²) in [5.41, 5.74) is -0.102. The van der Waals surface area contributed by atoms with Crippen molar-refractivity contribution in [3.8, 4) is 5.75 Å². The molecule has 0 heterocycles. The Morgan fingerprint density at radius 1 is 0.767 bits per heavy atom. The number of hydrogen-bond donors (Lipinski definition) is 2. The van der Waals surface area contributed by atoms with E-state index in [-0.39, 0.29) is 29.1 Å². The number of nitrogens with one attached hydrogen (secondary N) is 1. The van der Waals surface area contributed by atoms with Crippen molar-refractivity contribution in [1.29, 1.82) is 0 Å². The molecule has 1 rings (SSSR count). The van der Waals surface area contributed by atoms with E-state index in [1.807, 2.05) is 32.9 Å². The van der Waals surface area contributed by atoms with Crippen LogP contribution in [0.3, 0.4) is 0 Å². The highest BCUT2D eigenvalue weighted by Gasteiger charge is 2.27. The zero-order chi connectivity index (χ0) is 31.7. The van der Waals surface area contributed by atoms with Crippen LogP contribution in [-0.2, 0) is 9.59 Å². The highest BCUT2D eigenvalue weighted by atomic mass is 16.5. The number of carboxylic acids is 1. The van der Waals surface area contributed by atoms with E-state index in [9.17, 15) is 19.5 Å². The normalized spacial score (nSPS) is 13.8. The van der Waals surface area contributed by atoms with Crippen molar-refractivity contribution in [2.45, 2.75) is 91.5 Å². The number of carboxylic acid groups (broad SMARTS) is 1. The average molecular weight is 590 g/mol. The van der Waals surface area contributed by atoms with Crippen molar-refractivity contribution in [3.63, 3.8) is 0 Å². The van der Waals surface area contributed by atoms with E-state index in [1.165, 1.54) is 12.1 Å². The van der Waals surface area contributed by atoms with E-state index >= 15 is 0 Å². The number of aromatic carboxylic acids is 1. The zero-order valence-electron chi connectivity index (χ0n) is 26.4. The molecular weight excluding hydrogens is 538 g/mol. The molecule has 43 heavy (non-hydrogen) atoms. The largest absolute Gasteiger partial charge is 0.478 e. The molecule has 0 aliphatic rings. The summed E-state index contributed by atoms with van der Waals surface area (Å²) >= 11 is 0. The van der Waals surface area contributed by atoms with Gasteiger partial charge in [-0.2, -0.15) is 0 Å². The maximum absolute atomic E-state index is 13.0. The van der Waals surface area contributed by atoms with Gasteiger partial charge in [-0.3, -0.25) is 4.79 Å². The smallest absolute Gasteiger partial charge is 0.339 e. The number of esters is 1. The van der Waals surface area contributed by atoms with Crippen LogP contribution in [0.2, 0.25) is 0 Å². The van der Waals surface area contributed by atoms with Gasteiger partial charge in [0.15, 0.2) is 0 Å². The number of benzene rings is 1. The van der Waals surface area contributed by atoms with Crippen LogP contribution < -0.4 is 10.1 Å². The summed E-state index contributed by atoms with van der Waals surface area (Å²) in [7, 11) is 0. The Hall–Kier alpha value is -3.93. The number of amides is 1. The van der Waals surface area contributed by atoms with Crippen LogP contribution in [0.5, 0.6) is 5.75 Å². The quantitative estimate of drug-likeness (QED) is 0.0848. The zero-order valence-corrected chi connectivity index (χ0v) is 26.4. The lowest BCUT2D eigenvalue weighted by Gasteiger charge is -2.22. The summed E-state index contributed by atoms with van der Waals surface area (Å²) < 4.78 is 5.42. The van der Waals surface area contributed by atoms with Crippen LogP contribution in [-0.4, -0.2) is 29.0 Å². The average Bonchev–Trinajstić information content (AvgIpc) is 2.98. The van der Waals surface area contributed by atoms with Crippen LogP contribution in [0.25, 0.3) is 0 Å². The summed E-state index contributed by atoms with van der Waals surface area (Å²) in [4.78, 5) is 37.5. The third-order valence-electron chi connectivity index (χ3n) is 6.52. The third-order valence-corrected chi connectivity index (χ3v) is 6.52. The fourth-order valence-electron chi connectivity index (χ4n) is 4.13. The lowest BCUT2D eigenvalue weighted by molar-refractivity contribution is -0.140. The van der Waals surface area contributed by atoms with Crippen molar-refractivity contribution >= 4 is 17.8 Å². The third kappa shape index (κ3) is 17.6. The van der Waals surface area contributed by atoms with E-state index in [2.05, 4.69) is 73.0 Å². The Morgan fingerprint density at radius 3 is 1.72 bits per heavy atom. The Bertz CT molecular complexity index is 1140. The molecule has 0 saturated heterocycles. The van der Waals surface area contributed by atoms with Crippen LogP contribution in [0.4, 0.5) is 0 Å². The van der Waals surface area contributed by atoms with Gasteiger partial charge in [-0.05, 0) is 75.8 Å². The van der Waals surface area contributed by atoms with Crippen molar-refractivity contribution in [1.82, 2.24) is 5.32 Å². The second-order valence-corrected chi connectivity index (χ2v) is 10.7. The molecule has 2 unspecified atom stereocenters. The molecule has 6 heteroatoms. The molecule has 0 aromatic heterocycles. The van der Waals surface area contributed by atoms with E-state index in [0.717, 1.165) is 38.5 Å². The molecule has 0 fully saturated rings. The number of ether oxygens (including phenoxy) is 1. The first-order chi connectivity index (χ1) is 20.8. The van der Waals surface area contributed by atoms with Crippen LogP contribution in [0.15, 0.2) is 97.2 Å². The maximum atomic E-state index is 13.0. The summed E-state index contributed by atoms with van der Waals surface area (Å²) in [5.74, 6) is -2.26. The molecule has 1 aromatic carbocycles. The van der Waals surface area contributed by atoms with Gasteiger partial charge in [-0.25, -0.2) is 9.59 Å². The molecule has 2 atom stereocenters. The second kappa shape index (κ2) is 23.6. The summed E-state index contributed by atoms with van der Waals surface area (Å²) in [6.45, 7) is 7.99. The first-order valence-electron chi connectivity index (χ1n) is 15.5. The first-order valence-corrected chi connectivity index (χ1v) is 15.5. The van der Waals surface area contributed by atoms with Gasteiger partial charge in [0.1, 0.15) is 17.4 Å². The molecule has 6 nitrogen and oxygen atoms in total. The fourth-order valence-corrected chi connectivity index (χ4v) is 4.13. The van der Waals surface area contributed by atoms with Gasteiger partial charge in [0, 0.05) is 5.92 Å². The lowest BCUT2D eigenvalue weighted by atomic mass is 9.98. The minimum absolute atomic E-state index is 0.0342. The molecule has 0 bridgehead atoms. The van der Waals surface area contributed by atoms with Crippen LogP contribution >= 0.6 is 0 Å². The molecule has 0 aliphatic carbocycles. The van der Waals surface area contributed by atoms with E-state index in [0.29, 0.717) is 19.3 Å². The number of para-hydroxylation sites is 1. The molecule has 0 aliphatic heterocycles.